The fourth-order valence-electron chi connectivity index (χ4n) is 1.06. The molecule has 0 aromatic heterocycles. The van der Waals surface area contributed by atoms with Gasteiger partial charge in [0.1, 0.15) is 0 Å². The molecule has 0 radical (unpaired) electrons. The highest BCUT2D eigenvalue weighted by Crippen LogP contribution is 2.19. The molecule has 10 heavy (non-hydrogen) atoms. The molecule has 0 aromatic rings. The molecule has 0 unspecified atom stereocenters. The maximum absolute atomic E-state index is 5.43. The third kappa shape index (κ3) is 1.24. The Balaban J connectivity index is 2.67. The second-order valence-electron chi connectivity index (χ2n) is 2.42. The monoisotopic (exact) mass is 150 g/mol. The van der Waals surface area contributed by atoms with Gasteiger partial charge in [0.2, 0.25) is 0 Å². The molecule has 52 valence electrons. The summed E-state index contributed by atoms with van der Waals surface area (Å²) in [4.78, 5) is 0. The van der Waals surface area contributed by atoms with E-state index >= 15 is 0 Å². The summed E-state index contributed by atoms with van der Waals surface area (Å²) in [6.07, 6.45) is 12.8. The Morgan fingerprint density at radius 1 is 1.20 bits per heavy atom. The van der Waals surface area contributed by atoms with Gasteiger partial charge in [-0.05, 0) is 18.9 Å². The summed E-state index contributed by atoms with van der Waals surface area (Å²) in [5.74, 6) is 0. The molecule has 2 heteroatoms. The number of rotatable bonds is 0. The highest BCUT2D eigenvalue weighted by atomic mass is 28.4. The van der Waals surface area contributed by atoms with Gasteiger partial charge in [0.15, 0.2) is 0 Å². The van der Waals surface area contributed by atoms with Crippen LogP contribution in [0.2, 0.25) is 6.04 Å². The SMILES string of the molecule is C#C[Si]1(C#C)CCCCO1. The average molecular weight is 150 g/mol. The fraction of sp³-hybridized carbons (Fsp3) is 0.500. The molecule has 1 aliphatic heterocycles. The van der Waals surface area contributed by atoms with Gasteiger partial charge in [-0.2, -0.15) is 0 Å². The first-order valence-corrected chi connectivity index (χ1v) is 5.54. The van der Waals surface area contributed by atoms with Crippen molar-refractivity contribution >= 4 is 8.32 Å². The Morgan fingerprint density at radius 3 is 2.20 bits per heavy atom. The normalized spacial score (nSPS) is 22.6. The van der Waals surface area contributed by atoms with Crippen molar-refractivity contribution in [3.05, 3.63) is 0 Å². The van der Waals surface area contributed by atoms with Gasteiger partial charge < -0.3 is 4.43 Å². The lowest BCUT2D eigenvalue weighted by Gasteiger charge is -2.24. The van der Waals surface area contributed by atoms with Crippen LogP contribution >= 0.6 is 0 Å². The third-order valence-electron chi connectivity index (χ3n) is 1.74. The van der Waals surface area contributed by atoms with Gasteiger partial charge in [0.25, 0.3) is 0 Å². The van der Waals surface area contributed by atoms with E-state index in [0.29, 0.717) is 0 Å². The average Bonchev–Trinajstić information content (AvgIpc) is 2.06. The van der Waals surface area contributed by atoms with Gasteiger partial charge in [-0.1, -0.05) is 11.1 Å². The van der Waals surface area contributed by atoms with E-state index in [1.165, 1.54) is 0 Å². The first kappa shape index (κ1) is 7.40. The molecule has 0 aromatic carbocycles. The summed E-state index contributed by atoms with van der Waals surface area (Å²) in [5, 5.41) is 0. The first-order chi connectivity index (χ1) is 4.83. The van der Waals surface area contributed by atoms with E-state index in [0.717, 1.165) is 25.5 Å². The van der Waals surface area contributed by atoms with Crippen LogP contribution in [0.4, 0.5) is 0 Å². The van der Waals surface area contributed by atoms with Crippen LogP contribution < -0.4 is 0 Å². The molecule has 0 saturated carbocycles. The van der Waals surface area contributed by atoms with Crippen LogP contribution in [0, 0.1) is 23.9 Å². The zero-order chi connectivity index (χ0) is 7.45. The fourth-order valence-corrected chi connectivity index (χ4v) is 2.99. The van der Waals surface area contributed by atoms with Crippen LogP contribution in [0.3, 0.4) is 0 Å². The van der Waals surface area contributed by atoms with Gasteiger partial charge in [0, 0.05) is 6.61 Å². The molecule has 0 bridgehead atoms. The Hall–Kier alpha value is -0.703. The summed E-state index contributed by atoms with van der Waals surface area (Å²) < 4.78 is 5.43. The minimum atomic E-state index is -2.08. The Morgan fingerprint density at radius 2 is 1.90 bits per heavy atom. The quantitative estimate of drug-likeness (QED) is 0.371. The van der Waals surface area contributed by atoms with E-state index in [9.17, 15) is 0 Å². The molecule has 0 amide bonds. The summed E-state index contributed by atoms with van der Waals surface area (Å²) in [5.41, 5.74) is 5.30. The third-order valence-corrected chi connectivity index (χ3v) is 4.43. The number of hydrogen-bond donors (Lipinski definition) is 0. The van der Waals surface area contributed by atoms with Crippen molar-refractivity contribution in [1.29, 1.82) is 0 Å². The summed E-state index contributed by atoms with van der Waals surface area (Å²) in [6.45, 7) is 0.765. The smallest absolute Gasteiger partial charge is 0.352 e. The molecular weight excluding hydrogens is 140 g/mol. The Bertz CT molecular complexity index is 174. The van der Waals surface area contributed by atoms with E-state index < -0.39 is 8.32 Å². The van der Waals surface area contributed by atoms with Crippen LogP contribution in [0.1, 0.15) is 12.8 Å². The molecule has 0 aliphatic carbocycles. The maximum Gasteiger partial charge on any atom is 0.352 e. The predicted octanol–water partition coefficient (Wildman–Crippen LogP) is 1.09. The summed E-state index contributed by atoms with van der Waals surface area (Å²) >= 11 is 0. The molecule has 1 rings (SSSR count). The lowest BCUT2D eigenvalue weighted by molar-refractivity contribution is 0.285. The zero-order valence-electron chi connectivity index (χ0n) is 5.89. The molecule has 1 nitrogen and oxygen atoms in total. The molecule has 1 heterocycles. The van der Waals surface area contributed by atoms with Crippen molar-refractivity contribution in [1.82, 2.24) is 0 Å². The van der Waals surface area contributed by atoms with Gasteiger partial charge in [0.05, 0.1) is 0 Å². The maximum atomic E-state index is 5.43. The van der Waals surface area contributed by atoms with Crippen molar-refractivity contribution in [3.8, 4) is 23.9 Å². The predicted molar refractivity (Wildman–Crippen MR) is 43.4 cm³/mol. The van der Waals surface area contributed by atoms with Crippen molar-refractivity contribution in [2.24, 2.45) is 0 Å². The topological polar surface area (TPSA) is 9.23 Å². The highest BCUT2D eigenvalue weighted by Gasteiger charge is 2.33. The van der Waals surface area contributed by atoms with E-state index in [1.807, 2.05) is 0 Å². The van der Waals surface area contributed by atoms with Crippen molar-refractivity contribution < 1.29 is 4.43 Å². The minimum absolute atomic E-state index is 0.765. The van der Waals surface area contributed by atoms with E-state index in [4.69, 9.17) is 17.3 Å². The van der Waals surface area contributed by atoms with Crippen LogP contribution in [0.15, 0.2) is 0 Å². The summed E-state index contributed by atoms with van der Waals surface area (Å²) in [6, 6.07) is 0.944. The first-order valence-electron chi connectivity index (χ1n) is 3.42. The number of terminal acetylenes is 2. The van der Waals surface area contributed by atoms with Gasteiger partial charge in [-0.25, -0.2) is 0 Å². The highest BCUT2D eigenvalue weighted by molar-refractivity contribution is 6.88. The zero-order valence-corrected chi connectivity index (χ0v) is 6.89. The van der Waals surface area contributed by atoms with Gasteiger partial charge >= 0.3 is 8.32 Å². The molecule has 1 fully saturated rings. The molecule has 1 saturated heterocycles. The van der Waals surface area contributed by atoms with Crippen molar-refractivity contribution in [2.45, 2.75) is 18.9 Å². The van der Waals surface area contributed by atoms with Crippen LogP contribution in [-0.4, -0.2) is 14.9 Å². The van der Waals surface area contributed by atoms with Gasteiger partial charge in [-0.3, -0.25) is 0 Å². The van der Waals surface area contributed by atoms with Crippen molar-refractivity contribution in [3.63, 3.8) is 0 Å². The molecule has 0 atom stereocenters. The Labute approximate surface area is 62.9 Å². The standard InChI is InChI=1S/C8H10OSi/c1-3-10(4-2)8-6-5-7-9-10/h1-2H,5-8H2. The minimum Gasteiger partial charge on any atom is -0.396 e. The second kappa shape index (κ2) is 2.92. The Kier molecular flexibility index (Phi) is 2.16. The lowest BCUT2D eigenvalue weighted by atomic mass is 10.4. The lowest BCUT2D eigenvalue weighted by Crippen LogP contribution is -2.38. The second-order valence-corrected chi connectivity index (χ2v) is 5.44. The van der Waals surface area contributed by atoms with E-state index in [2.05, 4.69) is 11.1 Å². The molecular formula is C8H10OSi. The van der Waals surface area contributed by atoms with E-state index in [1.54, 1.807) is 0 Å². The number of hydrogen-bond acceptors (Lipinski definition) is 1. The van der Waals surface area contributed by atoms with Crippen LogP contribution in [0.25, 0.3) is 0 Å². The molecule has 1 aliphatic rings. The van der Waals surface area contributed by atoms with Crippen LogP contribution in [-0.2, 0) is 4.43 Å². The van der Waals surface area contributed by atoms with E-state index in [-0.39, 0.29) is 0 Å². The van der Waals surface area contributed by atoms with Crippen molar-refractivity contribution in [2.75, 3.05) is 6.61 Å². The largest absolute Gasteiger partial charge is 0.396 e. The van der Waals surface area contributed by atoms with Gasteiger partial charge in [-0.15, -0.1) is 12.8 Å². The van der Waals surface area contributed by atoms with Crippen LogP contribution in [0.5, 0.6) is 0 Å². The molecule has 0 N–H and O–H groups in total. The molecule has 0 spiro atoms. The summed E-state index contributed by atoms with van der Waals surface area (Å²) in [7, 11) is -2.08.